The van der Waals surface area contributed by atoms with Gasteiger partial charge in [-0.3, -0.25) is 9.67 Å². The van der Waals surface area contributed by atoms with Crippen LogP contribution < -0.4 is 5.32 Å². The van der Waals surface area contributed by atoms with Crippen molar-refractivity contribution in [1.82, 2.24) is 20.0 Å². The van der Waals surface area contributed by atoms with Gasteiger partial charge in [-0.15, -0.1) is 0 Å². The molecule has 0 spiro atoms. The van der Waals surface area contributed by atoms with Crippen molar-refractivity contribution in [1.29, 1.82) is 0 Å². The monoisotopic (exact) mass is 353 g/mol. The summed E-state index contributed by atoms with van der Waals surface area (Å²) in [7, 11) is 3.51. The minimum Gasteiger partial charge on any atom is -0.354 e. The quantitative estimate of drug-likeness (QED) is 0.664. The molecule has 0 bridgehead atoms. The Hall–Kier alpha value is -2.51. The first-order valence-corrected chi connectivity index (χ1v) is 7.86. The summed E-state index contributed by atoms with van der Waals surface area (Å²) < 4.78 is 39.6. The number of nitrogens with one attached hydrogen (secondary N) is 1. The van der Waals surface area contributed by atoms with Crippen LogP contribution >= 0.6 is 0 Å². The molecule has 2 aromatic rings. The fourth-order valence-electron chi connectivity index (χ4n) is 2.40. The fraction of sp³-hybridized carbons (Fsp3) is 0.412. The lowest BCUT2D eigenvalue weighted by atomic mass is 10.1. The van der Waals surface area contributed by atoms with E-state index in [-0.39, 0.29) is 0 Å². The molecule has 5 nitrogen and oxygen atoms in total. The summed E-state index contributed by atoms with van der Waals surface area (Å²) in [6, 6.07) is 5.16. The van der Waals surface area contributed by atoms with E-state index in [0.717, 1.165) is 23.3 Å². The van der Waals surface area contributed by atoms with Crippen molar-refractivity contribution in [2.24, 2.45) is 4.99 Å². The highest BCUT2D eigenvalue weighted by atomic mass is 19.4. The van der Waals surface area contributed by atoms with Gasteiger partial charge in [0.2, 0.25) is 0 Å². The predicted molar refractivity (Wildman–Crippen MR) is 91.2 cm³/mol. The molecule has 0 aliphatic rings. The molecule has 136 valence electrons. The molecule has 0 atom stereocenters. The maximum absolute atomic E-state index is 12.6. The third kappa shape index (κ3) is 5.51. The van der Waals surface area contributed by atoms with Crippen molar-refractivity contribution in [3.05, 3.63) is 53.3 Å². The Morgan fingerprint density at radius 3 is 2.48 bits per heavy atom. The molecular formula is C17H22F3N5. The van der Waals surface area contributed by atoms with Crippen LogP contribution in [0.2, 0.25) is 0 Å². The Labute approximate surface area is 145 Å². The Bertz CT molecular complexity index is 704. The van der Waals surface area contributed by atoms with E-state index in [0.29, 0.717) is 25.6 Å². The van der Waals surface area contributed by atoms with E-state index < -0.39 is 11.7 Å². The standard InChI is InChI=1S/C17H22F3N5/c1-13-10-23-25(11-13)9-8-22-16(21-2)24(3)12-14-4-6-15(7-5-14)17(18,19)20/h4-7,10-11H,8-9,12H2,1-3H3,(H,21,22). The number of benzene rings is 1. The predicted octanol–water partition coefficient (Wildman–Crippen LogP) is 2.92. The van der Waals surface area contributed by atoms with Crippen LogP contribution in [-0.2, 0) is 19.3 Å². The van der Waals surface area contributed by atoms with Crippen molar-refractivity contribution in [2.45, 2.75) is 26.2 Å². The number of guanidine groups is 1. The highest BCUT2D eigenvalue weighted by molar-refractivity contribution is 5.79. The molecule has 0 aliphatic carbocycles. The van der Waals surface area contributed by atoms with Gasteiger partial charge in [-0.1, -0.05) is 12.1 Å². The molecule has 0 saturated carbocycles. The third-order valence-corrected chi connectivity index (χ3v) is 3.66. The van der Waals surface area contributed by atoms with E-state index in [1.807, 2.05) is 29.7 Å². The molecule has 0 amide bonds. The minimum absolute atomic E-state index is 0.457. The smallest absolute Gasteiger partial charge is 0.354 e. The topological polar surface area (TPSA) is 45.5 Å². The summed E-state index contributed by atoms with van der Waals surface area (Å²) in [6.45, 7) is 3.78. The van der Waals surface area contributed by atoms with Gasteiger partial charge in [0.15, 0.2) is 5.96 Å². The highest BCUT2D eigenvalue weighted by Gasteiger charge is 2.29. The van der Waals surface area contributed by atoms with E-state index in [4.69, 9.17) is 0 Å². The second-order valence-corrected chi connectivity index (χ2v) is 5.81. The molecule has 0 unspecified atom stereocenters. The van der Waals surface area contributed by atoms with Crippen molar-refractivity contribution in [2.75, 3.05) is 20.6 Å². The van der Waals surface area contributed by atoms with Crippen molar-refractivity contribution in [3.63, 3.8) is 0 Å². The molecular weight excluding hydrogens is 331 g/mol. The first-order chi connectivity index (χ1) is 11.8. The van der Waals surface area contributed by atoms with Gasteiger partial charge >= 0.3 is 6.18 Å². The van der Waals surface area contributed by atoms with E-state index in [2.05, 4.69) is 15.4 Å². The number of rotatable bonds is 5. The zero-order valence-electron chi connectivity index (χ0n) is 14.5. The first-order valence-electron chi connectivity index (χ1n) is 7.86. The number of halogens is 3. The summed E-state index contributed by atoms with van der Waals surface area (Å²) >= 11 is 0. The van der Waals surface area contributed by atoms with Crippen LogP contribution in [0.3, 0.4) is 0 Å². The summed E-state index contributed by atoms with van der Waals surface area (Å²) in [4.78, 5) is 6.06. The molecule has 1 aromatic heterocycles. The van der Waals surface area contributed by atoms with Crippen molar-refractivity contribution in [3.8, 4) is 0 Å². The SMILES string of the molecule is CN=C(NCCn1cc(C)cn1)N(C)Cc1ccc(C(F)(F)F)cc1. The van der Waals surface area contributed by atoms with Gasteiger partial charge in [0.25, 0.3) is 0 Å². The second kappa shape index (κ2) is 8.04. The zero-order chi connectivity index (χ0) is 18.4. The van der Waals surface area contributed by atoms with Gasteiger partial charge in [0.05, 0.1) is 18.3 Å². The number of aryl methyl sites for hydroxylation is 1. The summed E-state index contributed by atoms with van der Waals surface area (Å²) in [5, 5.41) is 7.43. The van der Waals surface area contributed by atoms with Crippen molar-refractivity contribution >= 4 is 5.96 Å². The van der Waals surface area contributed by atoms with Gasteiger partial charge < -0.3 is 10.2 Å². The van der Waals surface area contributed by atoms with Gasteiger partial charge in [-0.05, 0) is 30.2 Å². The number of nitrogens with zero attached hydrogens (tertiary/aromatic N) is 4. The second-order valence-electron chi connectivity index (χ2n) is 5.81. The molecule has 0 aliphatic heterocycles. The van der Waals surface area contributed by atoms with Crippen LogP contribution in [0.4, 0.5) is 13.2 Å². The van der Waals surface area contributed by atoms with Crippen LogP contribution in [0.25, 0.3) is 0 Å². The Kier molecular flexibility index (Phi) is 6.06. The molecule has 8 heteroatoms. The fourth-order valence-corrected chi connectivity index (χ4v) is 2.40. The number of alkyl halides is 3. The maximum atomic E-state index is 12.6. The molecule has 0 radical (unpaired) electrons. The van der Waals surface area contributed by atoms with E-state index in [1.54, 1.807) is 13.2 Å². The minimum atomic E-state index is -4.31. The van der Waals surface area contributed by atoms with Crippen LogP contribution in [0.1, 0.15) is 16.7 Å². The van der Waals surface area contributed by atoms with E-state index in [9.17, 15) is 13.2 Å². The summed E-state index contributed by atoms with van der Waals surface area (Å²) in [6.07, 6.45) is -0.561. The van der Waals surface area contributed by atoms with E-state index in [1.165, 1.54) is 12.1 Å². The van der Waals surface area contributed by atoms with E-state index >= 15 is 0 Å². The first kappa shape index (κ1) is 18.8. The maximum Gasteiger partial charge on any atom is 0.416 e. The van der Waals surface area contributed by atoms with Crippen LogP contribution in [-0.4, -0.2) is 41.3 Å². The number of hydrogen-bond donors (Lipinski definition) is 1. The molecule has 0 fully saturated rings. The largest absolute Gasteiger partial charge is 0.416 e. The molecule has 1 N–H and O–H groups in total. The Morgan fingerprint density at radius 2 is 1.96 bits per heavy atom. The normalized spacial score (nSPS) is 12.3. The van der Waals surface area contributed by atoms with Gasteiger partial charge in [0, 0.05) is 33.4 Å². The van der Waals surface area contributed by atoms with Crippen molar-refractivity contribution < 1.29 is 13.2 Å². The summed E-state index contributed by atoms with van der Waals surface area (Å²) in [5.74, 6) is 0.670. The number of aromatic nitrogens is 2. The van der Waals surface area contributed by atoms with Crippen LogP contribution in [0.5, 0.6) is 0 Å². The van der Waals surface area contributed by atoms with Crippen LogP contribution in [0.15, 0.2) is 41.7 Å². The average Bonchev–Trinajstić information content (AvgIpc) is 2.96. The molecule has 2 rings (SSSR count). The van der Waals surface area contributed by atoms with Gasteiger partial charge in [0.1, 0.15) is 0 Å². The summed E-state index contributed by atoms with van der Waals surface area (Å²) in [5.41, 5.74) is 1.24. The third-order valence-electron chi connectivity index (χ3n) is 3.66. The highest BCUT2D eigenvalue weighted by Crippen LogP contribution is 2.29. The molecule has 1 heterocycles. The lowest BCUT2D eigenvalue weighted by Crippen LogP contribution is -2.39. The Balaban J connectivity index is 1.88. The lowest BCUT2D eigenvalue weighted by Gasteiger charge is -2.22. The van der Waals surface area contributed by atoms with Gasteiger partial charge in [-0.2, -0.15) is 18.3 Å². The van der Waals surface area contributed by atoms with Gasteiger partial charge in [-0.25, -0.2) is 0 Å². The zero-order valence-corrected chi connectivity index (χ0v) is 14.5. The number of hydrogen-bond acceptors (Lipinski definition) is 2. The lowest BCUT2D eigenvalue weighted by molar-refractivity contribution is -0.137. The molecule has 0 saturated heterocycles. The Morgan fingerprint density at radius 1 is 1.28 bits per heavy atom. The average molecular weight is 353 g/mol. The van der Waals surface area contributed by atoms with Crippen LogP contribution in [0, 0.1) is 6.92 Å². The molecule has 25 heavy (non-hydrogen) atoms. The molecule has 1 aromatic carbocycles. The number of aliphatic imine (C=N–C) groups is 1.